The number of anilines is 1. The van der Waals surface area contributed by atoms with Crippen LogP contribution in [0.25, 0.3) is 0 Å². The van der Waals surface area contributed by atoms with Gasteiger partial charge in [0.25, 0.3) is 0 Å². The van der Waals surface area contributed by atoms with Crippen LogP contribution in [0.1, 0.15) is 11.1 Å². The van der Waals surface area contributed by atoms with Crippen LogP contribution in [0.2, 0.25) is 0 Å². The molecule has 3 aromatic carbocycles. The van der Waals surface area contributed by atoms with Crippen molar-refractivity contribution < 1.29 is 17.9 Å². The lowest BCUT2D eigenvalue weighted by Gasteiger charge is -2.28. The maximum Gasteiger partial charge on any atom is 0.417 e. The number of carbonyl (C=O) groups is 1. The minimum Gasteiger partial charge on any atom is -0.410 e. The molecule has 0 saturated heterocycles. The minimum absolute atomic E-state index is 0.193. The van der Waals surface area contributed by atoms with Crippen LogP contribution in [0.4, 0.5) is 10.5 Å². The first-order valence-electron chi connectivity index (χ1n) is 9.23. The van der Waals surface area contributed by atoms with Crippen molar-refractivity contribution in [1.29, 1.82) is 0 Å². The predicted octanol–water partition coefficient (Wildman–Crippen LogP) is 4.04. The summed E-state index contributed by atoms with van der Waals surface area (Å²) in [5.41, 5.74) is 2.67. The van der Waals surface area contributed by atoms with Crippen molar-refractivity contribution in [3.63, 3.8) is 0 Å². The summed E-state index contributed by atoms with van der Waals surface area (Å²) >= 11 is 0. The van der Waals surface area contributed by atoms with E-state index in [9.17, 15) is 13.2 Å². The highest BCUT2D eigenvalue weighted by molar-refractivity contribution is 7.89. The molecule has 3 aromatic rings. The van der Waals surface area contributed by atoms with Crippen LogP contribution < -0.4 is 10.1 Å². The van der Waals surface area contributed by atoms with Gasteiger partial charge in [-0.3, -0.25) is 5.32 Å². The Labute approximate surface area is 169 Å². The first kappa shape index (κ1) is 19.2. The average molecular weight is 408 g/mol. The van der Waals surface area contributed by atoms with Crippen molar-refractivity contribution in [2.45, 2.75) is 17.9 Å². The summed E-state index contributed by atoms with van der Waals surface area (Å²) in [6.45, 7) is 0.810. The fourth-order valence-corrected chi connectivity index (χ4v) is 4.69. The molecule has 6 nitrogen and oxygen atoms in total. The first-order chi connectivity index (χ1) is 14.0. The van der Waals surface area contributed by atoms with E-state index < -0.39 is 16.1 Å². The van der Waals surface area contributed by atoms with Crippen LogP contribution in [-0.2, 0) is 23.0 Å². The van der Waals surface area contributed by atoms with Crippen LogP contribution in [0.3, 0.4) is 0 Å². The number of amides is 1. The van der Waals surface area contributed by atoms with Crippen LogP contribution >= 0.6 is 0 Å². The molecule has 0 aromatic heterocycles. The maximum atomic E-state index is 13.0. The van der Waals surface area contributed by atoms with E-state index in [1.807, 2.05) is 30.3 Å². The van der Waals surface area contributed by atoms with Gasteiger partial charge in [-0.15, -0.1) is 0 Å². The lowest BCUT2D eigenvalue weighted by atomic mass is 10.0. The van der Waals surface area contributed by atoms with E-state index >= 15 is 0 Å². The number of ether oxygens (including phenoxy) is 1. The van der Waals surface area contributed by atoms with E-state index in [0.717, 1.165) is 5.56 Å². The van der Waals surface area contributed by atoms with Gasteiger partial charge in [-0.05, 0) is 53.9 Å². The largest absolute Gasteiger partial charge is 0.417 e. The molecule has 1 heterocycles. The summed E-state index contributed by atoms with van der Waals surface area (Å²) in [7, 11) is -3.61. The number of para-hydroxylation sites is 1. The SMILES string of the molecule is O=C(Nc1ccc(S(=O)(=O)N2CCc3ccccc3C2)cc1)Oc1ccccc1. The summed E-state index contributed by atoms with van der Waals surface area (Å²) in [4.78, 5) is 12.2. The molecule has 0 unspecified atom stereocenters. The second kappa shape index (κ2) is 8.06. The Bertz CT molecular complexity index is 1110. The average Bonchev–Trinajstić information content (AvgIpc) is 2.74. The molecular formula is C22H20N2O4S. The third kappa shape index (κ3) is 4.31. The Kier molecular flexibility index (Phi) is 5.33. The van der Waals surface area contributed by atoms with Crippen molar-refractivity contribution in [2.75, 3.05) is 11.9 Å². The molecule has 0 bridgehead atoms. The van der Waals surface area contributed by atoms with Gasteiger partial charge in [-0.1, -0.05) is 42.5 Å². The second-order valence-corrected chi connectivity index (χ2v) is 8.65. The van der Waals surface area contributed by atoms with Gasteiger partial charge in [-0.25, -0.2) is 13.2 Å². The molecule has 0 aliphatic carbocycles. The molecule has 0 fully saturated rings. The standard InChI is InChI=1S/C22H20N2O4S/c25-22(28-20-8-2-1-3-9-20)23-19-10-12-21(13-11-19)29(26,27)24-15-14-17-6-4-5-7-18(17)16-24/h1-13H,14-16H2,(H,23,25). The van der Waals surface area contributed by atoms with Crippen LogP contribution in [0, 0.1) is 0 Å². The van der Waals surface area contributed by atoms with Crippen LogP contribution in [-0.4, -0.2) is 25.4 Å². The highest BCUT2D eigenvalue weighted by Crippen LogP contribution is 2.25. The van der Waals surface area contributed by atoms with Gasteiger partial charge in [0.05, 0.1) is 4.90 Å². The van der Waals surface area contributed by atoms with Crippen LogP contribution in [0.15, 0.2) is 83.8 Å². The summed E-state index contributed by atoms with van der Waals surface area (Å²) in [6, 6.07) is 22.7. The molecule has 1 amide bonds. The van der Waals surface area contributed by atoms with E-state index in [2.05, 4.69) is 5.32 Å². The monoisotopic (exact) mass is 408 g/mol. The second-order valence-electron chi connectivity index (χ2n) is 6.71. The highest BCUT2D eigenvalue weighted by atomic mass is 32.2. The highest BCUT2D eigenvalue weighted by Gasteiger charge is 2.28. The fourth-order valence-electron chi connectivity index (χ4n) is 3.27. The Hall–Kier alpha value is -3.16. The molecule has 0 atom stereocenters. The van der Waals surface area contributed by atoms with E-state index in [0.29, 0.717) is 30.9 Å². The molecule has 0 spiro atoms. The number of nitrogens with zero attached hydrogens (tertiary/aromatic N) is 1. The van der Waals surface area contributed by atoms with E-state index in [1.54, 1.807) is 36.4 Å². The normalized spacial score (nSPS) is 14.1. The number of nitrogens with one attached hydrogen (secondary N) is 1. The zero-order valence-electron chi connectivity index (χ0n) is 15.6. The topological polar surface area (TPSA) is 75.7 Å². The van der Waals surface area contributed by atoms with Gasteiger partial charge >= 0.3 is 6.09 Å². The number of rotatable bonds is 4. The number of benzene rings is 3. The lowest BCUT2D eigenvalue weighted by Crippen LogP contribution is -2.35. The van der Waals surface area contributed by atoms with Gasteiger partial charge in [0.15, 0.2) is 0 Å². The molecule has 0 radical (unpaired) electrons. The third-order valence-corrected chi connectivity index (χ3v) is 6.65. The summed E-state index contributed by atoms with van der Waals surface area (Å²) < 4.78 is 32.6. The fraction of sp³-hybridized carbons (Fsp3) is 0.136. The quantitative estimate of drug-likeness (QED) is 0.707. The van der Waals surface area contributed by atoms with Crippen molar-refractivity contribution in [2.24, 2.45) is 0 Å². The van der Waals surface area contributed by atoms with Crippen molar-refractivity contribution in [3.8, 4) is 5.75 Å². The van der Waals surface area contributed by atoms with E-state index in [4.69, 9.17) is 4.74 Å². The smallest absolute Gasteiger partial charge is 0.410 e. The molecule has 1 aliphatic rings. The molecule has 4 rings (SSSR count). The minimum atomic E-state index is -3.61. The zero-order chi connectivity index (χ0) is 20.3. The van der Waals surface area contributed by atoms with Gasteiger partial charge in [0.1, 0.15) is 5.75 Å². The Morgan fingerprint density at radius 1 is 0.862 bits per heavy atom. The third-order valence-electron chi connectivity index (χ3n) is 4.79. The number of carbonyl (C=O) groups excluding carboxylic acids is 1. The summed E-state index contributed by atoms with van der Waals surface area (Å²) in [5.74, 6) is 0.426. The lowest BCUT2D eigenvalue weighted by molar-refractivity contribution is 0.215. The Morgan fingerprint density at radius 3 is 2.24 bits per heavy atom. The van der Waals surface area contributed by atoms with Crippen molar-refractivity contribution in [3.05, 3.63) is 90.0 Å². The predicted molar refractivity (Wildman–Crippen MR) is 110 cm³/mol. The number of fused-ring (bicyclic) bond motifs is 1. The van der Waals surface area contributed by atoms with Gasteiger partial charge in [-0.2, -0.15) is 4.31 Å². The summed E-state index contributed by atoms with van der Waals surface area (Å²) in [6.07, 6.45) is 0.0554. The van der Waals surface area contributed by atoms with Crippen molar-refractivity contribution >= 4 is 21.8 Å². The molecular weight excluding hydrogens is 388 g/mol. The number of sulfonamides is 1. The molecule has 0 saturated carbocycles. The zero-order valence-corrected chi connectivity index (χ0v) is 16.4. The van der Waals surface area contributed by atoms with Gasteiger partial charge in [0.2, 0.25) is 10.0 Å². The van der Waals surface area contributed by atoms with Crippen LogP contribution in [0.5, 0.6) is 5.75 Å². The molecule has 7 heteroatoms. The molecule has 1 aliphatic heterocycles. The Balaban J connectivity index is 1.44. The van der Waals surface area contributed by atoms with E-state index in [-0.39, 0.29) is 4.90 Å². The number of hydrogen-bond acceptors (Lipinski definition) is 4. The first-order valence-corrected chi connectivity index (χ1v) is 10.7. The van der Waals surface area contributed by atoms with Gasteiger partial charge < -0.3 is 4.74 Å². The summed E-state index contributed by atoms with van der Waals surface area (Å²) in [5, 5.41) is 2.59. The van der Waals surface area contributed by atoms with Gasteiger partial charge in [0, 0.05) is 18.8 Å². The molecule has 29 heavy (non-hydrogen) atoms. The van der Waals surface area contributed by atoms with E-state index in [1.165, 1.54) is 22.0 Å². The van der Waals surface area contributed by atoms with Crippen molar-refractivity contribution in [1.82, 2.24) is 4.31 Å². The molecule has 148 valence electrons. The molecule has 1 N–H and O–H groups in total. The maximum absolute atomic E-state index is 13.0. The number of hydrogen-bond donors (Lipinski definition) is 1. The Morgan fingerprint density at radius 2 is 1.52 bits per heavy atom.